The number of rotatable bonds is 3. The number of amidine groups is 1. The van der Waals surface area contributed by atoms with E-state index in [0.717, 1.165) is 11.3 Å². The maximum Gasteiger partial charge on any atom is 0.218 e. The molecule has 0 aliphatic carbocycles. The van der Waals surface area contributed by atoms with E-state index in [2.05, 4.69) is 64.6 Å². The molecule has 0 fully saturated rings. The molecule has 0 aliphatic rings. The number of aliphatic imine (C=N–C) groups is 2. The zero-order valence-electron chi connectivity index (χ0n) is 14.7. The van der Waals surface area contributed by atoms with Gasteiger partial charge >= 0.3 is 0 Å². The average Bonchev–Trinajstić information content (AvgIpc) is 2.61. The first-order valence-electron chi connectivity index (χ1n) is 8.42. The van der Waals surface area contributed by atoms with Crippen molar-refractivity contribution in [3.05, 3.63) is 72.3 Å². The number of fused-ring (bicyclic) bond motifs is 3. The fourth-order valence-corrected chi connectivity index (χ4v) is 3.35. The van der Waals surface area contributed by atoms with Crippen molar-refractivity contribution in [2.75, 3.05) is 0 Å². The Morgan fingerprint density at radius 1 is 1.00 bits per heavy atom. The van der Waals surface area contributed by atoms with E-state index in [1.54, 1.807) is 0 Å². The number of nitrogens with zero attached hydrogens (tertiary/aromatic N) is 2. The maximum absolute atomic E-state index is 6.25. The van der Waals surface area contributed by atoms with Gasteiger partial charge in [-0.15, -0.1) is 0 Å². The summed E-state index contributed by atoms with van der Waals surface area (Å²) in [5.41, 5.74) is 1.95. The molecule has 0 saturated heterocycles. The summed E-state index contributed by atoms with van der Waals surface area (Å²) in [7, 11) is 0. The normalized spacial score (nSPS) is 14.6. The number of allylic oxidation sites excluding steroid dienone is 1. The predicted octanol–water partition coefficient (Wildman–Crippen LogP) is 6.36. The standard InChI is InChI=1S/C22H21ClN2/c1-4-9-15(2)24-22(23)25-16(3)21-14-17-10-5-6-11-18(17)19-12-7-8-13-20(19)21/h4-15H,1-3H3/b9-4-,24-22?,25-16?. The van der Waals surface area contributed by atoms with Crippen molar-refractivity contribution in [3.8, 4) is 0 Å². The third kappa shape index (κ3) is 3.80. The average molecular weight is 349 g/mol. The summed E-state index contributed by atoms with van der Waals surface area (Å²) in [6.45, 7) is 5.93. The number of halogens is 1. The Labute approximate surface area is 153 Å². The molecule has 0 amide bonds. The van der Waals surface area contributed by atoms with Crippen LogP contribution in [0.3, 0.4) is 0 Å². The molecule has 3 heteroatoms. The van der Waals surface area contributed by atoms with Crippen molar-refractivity contribution >= 4 is 44.2 Å². The number of hydrogen-bond acceptors (Lipinski definition) is 1. The lowest BCUT2D eigenvalue weighted by Crippen LogP contribution is -2.02. The third-order valence-corrected chi connectivity index (χ3v) is 4.38. The van der Waals surface area contributed by atoms with Crippen molar-refractivity contribution in [1.29, 1.82) is 0 Å². The molecule has 0 spiro atoms. The number of hydrogen-bond donors (Lipinski definition) is 0. The molecular formula is C22H21ClN2. The Hall–Kier alpha value is -2.45. The quantitative estimate of drug-likeness (QED) is 0.173. The van der Waals surface area contributed by atoms with Crippen LogP contribution in [-0.2, 0) is 0 Å². The molecule has 1 atom stereocenters. The van der Waals surface area contributed by atoms with Crippen molar-refractivity contribution in [2.45, 2.75) is 26.8 Å². The van der Waals surface area contributed by atoms with Crippen LogP contribution in [0.15, 0.2) is 76.7 Å². The highest BCUT2D eigenvalue weighted by atomic mass is 35.5. The fourth-order valence-electron chi connectivity index (χ4n) is 3.07. The Bertz CT molecular complexity index is 999. The number of benzene rings is 3. The summed E-state index contributed by atoms with van der Waals surface area (Å²) in [4.78, 5) is 8.91. The smallest absolute Gasteiger partial charge is 0.218 e. The molecule has 3 aromatic rings. The van der Waals surface area contributed by atoms with E-state index >= 15 is 0 Å². The van der Waals surface area contributed by atoms with Crippen molar-refractivity contribution in [3.63, 3.8) is 0 Å². The van der Waals surface area contributed by atoms with E-state index in [1.807, 2.05) is 32.9 Å². The van der Waals surface area contributed by atoms with E-state index < -0.39 is 0 Å². The van der Waals surface area contributed by atoms with Crippen LogP contribution >= 0.6 is 11.6 Å². The molecule has 2 nitrogen and oxygen atoms in total. The molecule has 3 rings (SSSR count). The molecule has 3 aromatic carbocycles. The Morgan fingerprint density at radius 3 is 2.36 bits per heavy atom. The zero-order chi connectivity index (χ0) is 17.8. The largest absolute Gasteiger partial charge is 0.249 e. The molecule has 0 bridgehead atoms. The van der Waals surface area contributed by atoms with E-state index in [-0.39, 0.29) is 11.3 Å². The van der Waals surface area contributed by atoms with Gasteiger partial charge in [0.05, 0.1) is 6.04 Å². The van der Waals surface area contributed by atoms with Crippen molar-refractivity contribution in [1.82, 2.24) is 0 Å². The van der Waals surface area contributed by atoms with Gasteiger partial charge in [-0.1, -0.05) is 60.7 Å². The molecule has 0 saturated carbocycles. The van der Waals surface area contributed by atoms with Gasteiger partial charge in [-0.3, -0.25) is 0 Å². The van der Waals surface area contributed by atoms with Gasteiger partial charge in [0.1, 0.15) is 0 Å². The predicted molar refractivity (Wildman–Crippen MR) is 111 cm³/mol. The summed E-state index contributed by atoms with van der Waals surface area (Å²) in [5, 5.41) is 5.12. The zero-order valence-corrected chi connectivity index (χ0v) is 15.5. The lowest BCUT2D eigenvalue weighted by Gasteiger charge is -2.10. The first-order chi connectivity index (χ1) is 12.1. The maximum atomic E-state index is 6.25. The minimum absolute atomic E-state index is 0.0161. The van der Waals surface area contributed by atoms with Crippen LogP contribution in [0.5, 0.6) is 0 Å². The lowest BCUT2D eigenvalue weighted by molar-refractivity contribution is 0.926. The summed E-state index contributed by atoms with van der Waals surface area (Å²) in [5.74, 6) is 0. The van der Waals surface area contributed by atoms with Crippen LogP contribution in [0.1, 0.15) is 26.3 Å². The van der Waals surface area contributed by atoms with Gasteiger partial charge < -0.3 is 0 Å². The second-order valence-electron chi connectivity index (χ2n) is 6.05. The van der Waals surface area contributed by atoms with Crippen molar-refractivity contribution in [2.24, 2.45) is 9.98 Å². The minimum Gasteiger partial charge on any atom is -0.249 e. The van der Waals surface area contributed by atoms with E-state index in [0.29, 0.717) is 0 Å². The topological polar surface area (TPSA) is 24.7 Å². The van der Waals surface area contributed by atoms with Crippen LogP contribution < -0.4 is 0 Å². The van der Waals surface area contributed by atoms with E-state index in [1.165, 1.54) is 21.5 Å². The summed E-state index contributed by atoms with van der Waals surface area (Å²) in [6, 6.07) is 19.0. The van der Waals surface area contributed by atoms with E-state index in [4.69, 9.17) is 11.6 Å². The highest BCUT2D eigenvalue weighted by Crippen LogP contribution is 2.29. The minimum atomic E-state index is 0.0161. The molecular weight excluding hydrogens is 328 g/mol. The Balaban J connectivity index is 2.15. The first kappa shape index (κ1) is 17.4. The highest BCUT2D eigenvalue weighted by molar-refractivity contribution is 6.65. The summed E-state index contributed by atoms with van der Waals surface area (Å²) < 4.78 is 0. The molecule has 0 aliphatic heterocycles. The second kappa shape index (κ2) is 7.62. The van der Waals surface area contributed by atoms with Gasteiger partial charge in [0, 0.05) is 11.3 Å². The van der Waals surface area contributed by atoms with Gasteiger partial charge in [-0.2, -0.15) is 0 Å². The third-order valence-electron chi connectivity index (χ3n) is 4.20. The Kier molecular flexibility index (Phi) is 5.30. The van der Waals surface area contributed by atoms with E-state index in [9.17, 15) is 0 Å². The second-order valence-corrected chi connectivity index (χ2v) is 6.39. The molecule has 0 radical (unpaired) electrons. The molecule has 126 valence electrons. The summed E-state index contributed by atoms with van der Waals surface area (Å²) >= 11 is 6.25. The van der Waals surface area contributed by atoms with Crippen LogP contribution in [0.2, 0.25) is 0 Å². The SMILES string of the molecule is C/C=C\C(C)N=C(Cl)N=C(C)c1cc2ccccc2c2ccccc12. The van der Waals surface area contributed by atoms with Gasteiger partial charge in [0.15, 0.2) is 0 Å². The van der Waals surface area contributed by atoms with Crippen LogP contribution in [0, 0.1) is 0 Å². The van der Waals surface area contributed by atoms with Gasteiger partial charge in [0.2, 0.25) is 5.29 Å². The van der Waals surface area contributed by atoms with Crippen LogP contribution in [-0.4, -0.2) is 17.0 Å². The van der Waals surface area contributed by atoms with Crippen LogP contribution in [0.25, 0.3) is 21.5 Å². The Morgan fingerprint density at radius 2 is 1.64 bits per heavy atom. The first-order valence-corrected chi connectivity index (χ1v) is 8.80. The molecule has 0 N–H and O–H groups in total. The van der Waals surface area contributed by atoms with Crippen molar-refractivity contribution < 1.29 is 0 Å². The lowest BCUT2D eigenvalue weighted by atomic mass is 9.95. The van der Waals surface area contributed by atoms with Gasteiger partial charge in [0.25, 0.3) is 0 Å². The molecule has 25 heavy (non-hydrogen) atoms. The van der Waals surface area contributed by atoms with Crippen LogP contribution in [0.4, 0.5) is 0 Å². The molecule has 0 heterocycles. The molecule has 1 unspecified atom stereocenters. The van der Waals surface area contributed by atoms with Gasteiger partial charge in [-0.25, -0.2) is 9.98 Å². The monoisotopic (exact) mass is 348 g/mol. The fraction of sp³-hybridized carbons (Fsp3) is 0.182. The summed E-state index contributed by atoms with van der Waals surface area (Å²) in [6.07, 6.45) is 3.95. The molecule has 0 aromatic heterocycles. The van der Waals surface area contributed by atoms with Gasteiger partial charge in [-0.05, 0) is 60.0 Å². The highest BCUT2D eigenvalue weighted by Gasteiger charge is 2.09.